The normalized spacial score (nSPS) is 10.6. The molecule has 3 N–H and O–H groups in total. The zero-order valence-corrected chi connectivity index (χ0v) is 10.4. The van der Waals surface area contributed by atoms with Crippen LogP contribution in [0.15, 0.2) is 34.0 Å². The van der Waals surface area contributed by atoms with Crippen LogP contribution < -0.4 is 17.0 Å². The molecule has 0 aliphatic carbocycles. The lowest BCUT2D eigenvalue weighted by molar-refractivity contribution is 0.592. The number of halogens is 1. The third-order valence-electron chi connectivity index (χ3n) is 2.88. The van der Waals surface area contributed by atoms with Gasteiger partial charge in [0, 0.05) is 23.0 Å². The third kappa shape index (κ3) is 2.73. The molecular formula is C13H14FN3O2. The summed E-state index contributed by atoms with van der Waals surface area (Å²) >= 11 is 0. The van der Waals surface area contributed by atoms with Gasteiger partial charge < -0.3 is 5.73 Å². The second kappa shape index (κ2) is 5.09. The summed E-state index contributed by atoms with van der Waals surface area (Å²) in [5, 5.41) is 0. The van der Waals surface area contributed by atoms with E-state index in [9.17, 15) is 14.0 Å². The Balaban J connectivity index is 2.43. The second-order valence-corrected chi connectivity index (χ2v) is 4.25. The Morgan fingerprint density at radius 2 is 2.05 bits per heavy atom. The summed E-state index contributed by atoms with van der Waals surface area (Å²) in [5.41, 5.74) is 5.65. The molecule has 2 rings (SSSR count). The number of H-pyrrole nitrogens is 1. The molecule has 1 heterocycles. The van der Waals surface area contributed by atoms with E-state index in [1.54, 1.807) is 6.07 Å². The molecule has 2 aromatic rings. The monoisotopic (exact) mass is 263 g/mol. The summed E-state index contributed by atoms with van der Waals surface area (Å²) in [6, 6.07) is 4.29. The number of nitrogen functional groups attached to an aromatic ring is 1. The average Bonchev–Trinajstić information content (AvgIpc) is 2.35. The molecule has 1 aromatic heterocycles. The first-order valence-electron chi connectivity index (χ1n) is 5.87. The van der Waals surface area contributed by atoms with Crippen molar-refractivity contribution in [1.29, 1.82) is 0 Å². The third-order valence-corrected chi connectivity index (χ3v) is 2.88. The van der Waals surface area contributed by atoms with E-state index in [0.717, 1.165) is 0 Å². The Kier molecular flexibility index (Phi) is 3.50. The number of rotatable bonds is 3. The molecule has 6 heteroatoms. The lowest BCUT2D eigenvalue weighted by atomic mass is 10.2. The van der Waals surface area contributed by atoms with E-state index in [0.29, 0.717) is 23.2 Å². The van der Waals surface area contributed by atoms with Gasteiger partial charge in [0.25, 0.3) is 5.56 Å². The number of aromatic nitrogens is 2. The first kappa shape index (κ1) is 13.1. The maximum absolute atomic E-state index is 13.7. The first-order valence-corrected chi connectivity index (χ1v) is 5.87. The molecule has 0 spiro atoms. The molecule has 19 heavy (non-hydrogen) atoms. The number of benzene rings is 1. The zero-order chi connectivity index (χ0) is 14.0. The minimum atomic E-state index is -0.557. The molecule has 0 aliphatic heterocycles. The predicted molar refractivity (Wildman–Crippen MR) is 70.6 cm³/mol. The molecule has 0 amide bonds. The molecule has 0 bridgehead atoms. The fraction of sp³-hybridized carbons (Fsp3) is 0.231. The van der Waals surface area contributed by atoms with Crippen molar-refractivity contribution in [2.45, 2.75) is 19.9 Å². The van der Waals surface area contributed by atoms with Crippen LogP contribution in [0.25, 0.3) is 0 Å². The Morgan fingerprint density at radius 1 is 1.32 bits per heavy atom. The lowest BCUT2D eigenvalue weighted by Gasteiger charge is -2.08. The van der Waals surface area contributed by atoms with Crippen molar-refractivity contribution in [3.63, 3.8) is 0 Å². The van der Waals surface area contributed by atoms with Crippen LogP contribution in [-0.2, 0) is 13.0 Å². The Hall–Kier alpha value is -2.37. The summed E-state index contributed by atoms with van der Waals surface area (Å²) in [7, 11) is 0. The first-order chi connectivity index (χ1) is 9.01. The molecule has 100 valence electrons. The van der Waals surface area contributed by atoms with E-state index in [1.165, 1.54) is 22.9 Å². The number of hydrogen-bond acceptors (Lipinski definition) is 3. The van der Waals surface area contributed by atoms with Gasteiger partial charge in [-0.15, -0.1) is 0 Å². The van der Waals surface area contributed by atoms with Crippen LogP contribution in [0.5, 0.6) is 0 Å². The van der Waals surface area contributed by atoms with E-state index in [2.05, 4.69) is 4.98 Å². The lowest BCUT2D eigenvalue weighted by Crippen LogP contribution is -2.32. The van der Waals surface area contributed by atoms with Gasteiger partial charge in [0.1, 0.15) is 5.82 Å². The second-order valence-electron chi connectivity index (χ2n) is 4.25. The van der Waals surface area contributed by atoms with Crippen LogP contribution in [0.2, 0.25) is 0 Å². The summed E-state index contributed by atoms with van der Waals surface area (Å²) in [5.74, 6) is -0.476. The number of nitrogens with one attached hydrogen (secondary N) is 1. The Labute approximate surface area is 108 Å². The summed E-state index contributed by atoms with van der Waals surface area (Å²) in [4.78, 5) is 25.3. The standard InChI is InChI=1S/C13H14FN3O2/c1-2-8-6-17(13(19)16-12(8)18)7-9-3-4-10(15)5-11(9)14/h3-6H,2,7,15H2,1H3,(H,16,18,19). The van der Waals surface area contributed by atoms with Gasteiger partial charge in [0.15, 0.2) is 0 Å². The van der Waals surface area contributed by atoms with Crippen molar-refractivity contribution in [3.05, 3.63) is 62.2 Å². The van der Waals surface area contributed by atoms with Crippen molar-refractivity contribution in [3.8, 4) is 0 Å². The quantitative estimate of drug-likeness (QED) is 0.806. The SMILES string of the molecule is CCc1cn(Cc2ccc(N)cc2F)c(=O)[nH]c1=O. The fourth-order valence-corrected chi connectivity index (χ4v) is 1.80. The highest BCUT2D eigenvalue weighted by Crippen LogP contribution is 2.12. The summed E-state index contributed by atoms with van der Waals surface area (Å²) in [6.07, 6.45) is 1.96. The van der Waals surface area contributed by atoms with Gasteiger partial charge in [-0.05, 0) is 18.6 Å². The minimum Gasteiger partial charge on any atom is -0.399 e. The number of nitrogens with two attached hydrogens (primary N) is 1. The van der Waals surface area contributed by atoms with Crippen molar-refractivity contribution in [1.82, 2.24) is 9.55 Å². The van der Waals surface area contributed by atoms with Crippen LogP contribution >= 0.6 is 0 Å². The van der Waals surface area contributed by atoms with Gasteiger partial charge in [0.05, 0.1) is 6.54 Å². The van der Waals surface area contributed by atoms with Gasteiger partial charge in [-0.1, -0.05) is 13.0 Å². The highest BCUT2D eigenvalue weighted by molar-refractivity contribution is 5.40. The van der Waals surface area contributed by atoms with E-state index < -0.39 is 17.1 Å². The van der Waals surface area contributed by atoms with Crippen molar-refractivity contribution in [2.75, 3.05) is 5.73 Å². The number of anilines is 1. The highest BCUT2D eigenvalue weighted by Gasteiger charge is 2.07. The van der Waals surface area contributed by atoms with E-state index in [1.807, 2.05) is 6.92 Å². The maximum atomic E-state index is 13.7. The number of aromatic amines is 1. The molecule has 0 atom stereocenters. The summed E-state index contributed by atoms with van der Waals surface area (Å²) in [6.45, 7) is 1.86. The molecular weight excluding hydrogens is 249 g/mol. The molecule has 0 aliphatic rings. The van der Waals surface area contributed by atoms with Gasteiger partial charge in [0.2, 0.25) is 0 Å². The van der Waals surface area contributed by atoms with Crippen molar-refractivity contribution < 1.29 is 4.39 Å². The van der Waals surface area contributed by atoms with Gasteiger partial charge in [-0.3, -0.25) is 14.3 Å². The van der Waals surface area contributed by atoms with Crippen LogP contribution in [0.4, 0.5) is 10.1 Å². The van der Waals surface area contributed by atoms with E-state index in [-0.39, 0.29) is 6.54 Å². The molecule has 0 saturated heterocycles. The smallest absolute Gasteiger partial charge is 0.328 e. The number of hydrogen-bond donors (Lipinski definition) is 2. The largest absolute Gasteiger partial charge is 0.399 e. The van der Waals surface area contributed by atoms with Gasteiger partial charge in [-0.2, -0.15) is 0 Å². The topological polar surface area (TPSA) is 80.9 Å². The zero-order valence-electron chi connectivity index (χ0n) is 10.4. The summed E-state index contributed by atoms with van der Waals surface area (Å²) < 4.78 is 14.9. The maximum Gasteiger partial charge on any atom is 0.328 e. The van der Waals surface area contributed by atoms with E-state index >= 15 is 0 Å². The molecule has 0 saturated carbocycles. The number of aryl methyl sites for hydroxylation is 1. The highest BCUT2D eigenvalue weighted by atomic mass is 19.1. The van der Waals surface area contributed by atoms with Gasteiger partial charge in [-0.25, -0.2) is 9.18 Å². The minimum absolute atomic E-state index is 0.0503. The number of nitrogens with zero attached hydrogens (tertiary/aromatic N) is 1. The van der Waals surface area contributed by atoms with Crippen molar-refractivity contribution in [2.24, 2.45) is 0 Å². The van der Waals surface area contributed by atoms with Crippen LogP contribution in [0.1, 0.15) is 18.1 Å². The Bertz CT molecular complexity index is 719. The van der Waals surface area contributed by atoms with E-state index in [4.69, 9.17) is 5.73 Å². The van der Waals surface area contributed by atoms with Crippen LogP contribution in [0, 0.1) is 5.82 Å². The molecule has 0 fully saturated rings. The Morgan fingerprint density at radius 3 is 2.68 bits per heavy atom. The molecule has 0 radical (unpaired) electrons. The van der Waals surface area contributed by atoms with Gasteiger partial charge >= 0.3 is 5.69 Å². The van der Waals surface area contributed by atoms with Crippen LogP contribution in [0.3, 0.4) is 0 Å². The van der Waals surface area contributed by atoms with Crippen LogP contribution in [-0.4, -0.2) is 9.55 Å². The van der Waals surface area contributed by atoms with Crippen molar-refractivity contribution >= 4 is 5.69 Å². The molecule has 5 nitrogen and oxygen atoms in total. The molecule has 0 unspecified atom stereocenters. The molecule has 1 aromatic carbocycles. The average molecular weight is 263 g/mol. The fourth-order valence-electron chi connectivity index (χ4n) is 1.80. The predicted octanol–water partition coefficient (Wildman–Crippen LogP) is 0.869.